The molecule has 8 heteroatoms. The van der Waals surface area contributed by atoms with Crippen molar-refractivity contribution in [3.8, 4) is 5.95 Å². The molecule has 1 aliphatic heterocycles. The van der Waals surface area contributed by atoms with Gasteiger partial charge in [-0.05, 0) is 46.6 Å². The van der Waals surface area contributed by atoms with Crippen molar-refractivity contribution in [2.24, 2.45) is 0 Å². The smallest absolute Gasteiger partial charge is 0.251 e. The van der Waals surface area contributed by atoms with E-state index in [2.05, 4.69) is 25.3 Å². The summed E-state index contributed by atoms with van der Waals surface area (Å²) in [4.78, 5) is 24.6. The summed E-state index contributed by atoms with van der Waals surface area (Å²) in [6.07, 6.45) is 6.36. The Bertz CT molecular complexity index is 937. The van der Waals surface area contributed by atoms with Crippen molar-refractivity contribution in [3.05, 3.63) is 34.4 Å². The molecule has 174 valence electrons. The lowest BCUT2D eigenvalue weighted by molar-refractivity contribution is -0.121. The topological polar surface area (TPSA) is 85.2 Å². The molecule has 1 N–H and O–H groups in total. The molecule has 0 bridgehead atoms. The summed E-state index contributed by atoms with van der Waals surface area (Å²) in [7, 11) is 0. The van der Waals surface area contributed by atoms with E-state index in [1.54, 1.807) is 4.68 Å². The van der Waals surface area contributed by atoms with E-state index in [-0.39, 0.29) is 11.4 Å². The van der Waals surface area contributed by atoms with Crippen LogP contribution in [0.3, 0.4) is 0 Å². The lowest BCUT2D eigenvalue weighted by Crippen LogP contribution is -2.59. The third kappa shape index (κ3) is 4.86. The molecule has 3 heterocycles. The van der Waals surface area contributed by atoms with Crippen LogP contribution in [0.1, 0.15) is 60.4 Å². The van der Waals surface area contributed by atoms with Gasteiger partial charge in [0.25, 0.3) is 5.95 Å². The minimum atomic E-state index is 0.0512. The number of amides is 1. The lowest BCUT2D eigenvalue weighted by Gasteiger charge is -2.48. The molecule has 0 spiro atoms. The second-order valence-corrected chi connectivity index (χ2v) is 9.35. The van der Waals surface area contributed by atoms with Gasteiger partial charge in [-0.25, -0.2) is 14.6 Å². The maximum atomic E-state index is 13.0. The Hall–Kier alpha value is -2.32. The molecular formula is C24H36N6O2. The van der Waals surface area contributed by atoms with Gasteiger partial charge in [0.2, 0.25) is 5.91 Å². The second-order valence-electron chi connectivity index (χ2n) is 9.35. The van der Waals surface area contributed by atoms with Crippen molar-refractivity contribution < 1.29 is 9.53 Å². The fraction of sp³-hybridized carbons (Fsp3) is 0.667. The number of hydrogen-bond acceptors (Lipinski definition) is 6. The van der Waals surface area contributed by atoms with Crippen molar-refractivity contribution in [1.82, 2.24) is 30.0 Å². The molecule has 2 aliphatic rings. The molecule has 2 aromatic heterocycles. The number of carbonyl (C=O) groups excluding carboxylic acids is 1. The maximum Gasteiger partial charge on any atom is 0.251 e. The largest absolute Gasteiger partial charge is 0.379 e. The van der Waals surface area contributed by atoms with Crippen LogP contribution in [0.15, 0.2) is 6.07 Å². The van der Waals surface area contributed by atoms with Gasteiger partial charge in [-0.15, -0.1) is 0 Å². The van der Waals surface area contributed by atoms with Crippen LogP contribution in [0.25, 0.3) is 5.95 Å². The zero-order chi connectivity index (χ0) is 22.7. The summed E-state index contributed by atoms with van der Waals surface area (Å²) >= 11 is 0. The Morgan fingerprint density at radius 2 is 1.72 bits per heavy atom. The van der Waals surface area contributed by atoms with Gasteiger partial charge in [-0.3, -0.25) is 9.69 Å². The number of morpholine rings is 1. The number of rotatable bonds is 6. The highest BCUT2D eigenvalue weighted by Crippen LogP contribution is 2.34. The Balaban J connectivity index is 1.46. The molecule has 0 atom stereocenters. The summed E-state index contributed by atoms with van der Waals surface area (Å²) in [6.45, 7) is 12.0. The second kappa shape index (κ2) is 9.67. The Morgan fingerprint density at radius 1 is 1.06 bits per heavy atom. The summed E-state index contributed by atoms with van der Waals surface area (Å²) in [5.41, 5.74) is 4.60. The van der Waals surface area contributed by atoms with Gasteiger partial charge in [0, 0.05) is 47.8 Å². The normalized spacial score (nSPS) is 19.1. The first-order valence-electron chi connectivity index (χ1n) is 11.9. The molecule has 4 rings (SSSR count). The molecule has 1 saturated carbocycles. The van der Waals surface area contributed by atoms with E-state index < -0.39 is 0 Å². The van der Waals surface area contributed by atoms with E-state index >= 15 is 0 Å². The molecule has 1 saturated heterocycles. The van der Waals surface area contributed by atoms with Crippen molar-refractivity contribution >= 4 is 5.91 Å². The van der Waals surface area contributed by atoms with Gasteiger partial charge in [0.1, 0.15) is 0 Å². The van der Waals surface area contributed by atoms with Gasteiger partial charge in [-0.2, -0.15) is 5.10 Å². The van der Waals surface area contributed by atoms with E-state index in [1.807, 2.05) is 33.8 Å². The number of carbonyl (C=O) groups is 1. The van der Waals surface area contributed by atoms with Gasteiger partial charge in [0.15, 0.2) is 0 Å². The lowest BCUT2D eigenvalue weighted by atomic mass is 9.79. The number of aromatic nitrogens is 4. The third-order valence-corrected chi connectivity index (χ3v) is 7.02. The van der Waals surface area contributed by atoms with Crippen LogP contribution >= 0.6 is 0 Å². The Kier molecular flexibility index (Phi) is 6.90. The summed E-state index contributed by atoms with van der Waals surface area (Å²) < 4.78 is 7.33. The molecule has 8 nitrogen and oxygen atoms in total. The molecule has 0 unspecified atom stereocenters. The van der Waals surface area contributed by atoms with Gasteiger partial charge < -0.3 is 10.1 Å². The first-order valence-corrected chi connectivity index (χ1v) is 11.9. The minimum absolute atomic E-state index is 0.0512. The van der Waals surface area contributed by atoms with Crippen molar-refractivity contribution in [2.45, 2.75) is 71.8 Å². The first-order chi connectivity index (χ1) is 15.4. The zero-order valence-corrected chi connectivity index (χ0v) is 19.9. The highest BCUT2D eigenvalue weighted by molar-refractivity contribution is 5.79. The number of hydrogen-bond donors (Lipinski definition) is 1. The SMILES string of the molecule is Cc1cc(C)nc(-n2nc(C)c(CC(=O)NCC3(N4CCOCC4)CCCCC3)c2C)n1. The van der Waals surface area contributed by atoms with Crippen LogP contribution in [0.5, 0.6) is 0 Å². The monoisotopic (exact) mass is 440 g/mol. The van der Waals surface area contributed by atoms with Crippen LogP contribution in [0.2, 0.25) is 0 Å². The molecule has 0 aromatic carbocycles. The summed E-state index contributed by atoms with van der Waals surface area (Å²) in [6, 6.07) is 1.94. The van der Waals surface area contributed by atoms with Crippen LogP contribution in [-0.2, 0) is 16.0 Å². The quantitative estimate of drug-likeness (QED) is 0.743. The van der Waals surface area contributed by atoms with E-state index in [0.717, 1.165) is 67.5 Å². The Morgan fingerprint density at radius 3 is 2.38 bits per heavy atom. The molecule has 32 heavy (non-hydrogen) atoms. The van der Waals surface area contributed by atoms with Crippen molar-refractivity contribution in [2.75, 3.05) is 32.8 Å². The molecule has 2 aromatic rings. The molecule has 0 radical (unpaired) electrons. The van der Waals surface area contributed by atoms with Gasteiger partial charge in [-0.1, -0.05) is 19.3 Å². The maximum absolute atomic E-state index is 13.0. The highest BCUT2D eigenvalue weighted by atomic mass is 16.5. The molecule has 1 aliphatic carbocycles. The van der Waals surface area contributed by atoms with Crippen LogP contribution in [0, 0.1) is 27.7 Å². The zero-order valence-electron chi connectivity index (χ0n) is 19.9. The van der Waals surface area contributed by atoms with E-state index in [1.165, 1.54) is 19.3 Å². The fourth-order valence-corrected chi connectivity index (χ4v) is 5.27. The van der Waals surface area contributed by atoms with Crippen LogP contribution < -0.4 is 5.32 Å². The third-order valence-electron chi connectivity index (χ3n) is 7.02. The molecule has 2 fully saturated rings. The van der Waals surface area contributed by atoms with Gasteiger partial charge in [0.05, 0.1) is 25.3 Å². The highest BCUT2D eigenvalue weighted by Gasteiger charge is 2.38. The predicted octanol–water partition coefficient (Wildman–Crippen LogP) is 2.59. The number of nitrogens with one attached hydrogen (secondary N) is 1. The first kappa shape index (κ1) is 22.9. The summed E-state index contributed by atoms with van der Waals surface area (Å²) in [5, 5.41) is 7.91. The Labute approximate surface area is 190 Å². The van der Waals surface area contributed by atoms with E-state index in [9.17, 15) is 4.79 Å². The predicted molar refractivity (Wildman–Crippen MR) is 123 cm³/mol. The van der Waals surface area contributed by atoms with Crippen molar-refractivity contribution in [3.63, 3.8) is 0 Å². The average Bonchev–Trinajstić information content (AvgIpc) is 3.07. The number of ether oxygens (including phenoxy) is 1. The number of nitrogens with zero attached hydrogens (tertiary/aromatic N) is 5. The van der Waals surface area contributed by atoms with E-state index in [4.69, 9.17) is 4.74 Å². The van der Waals surface area contributed by atoms with Crippen LogP contribution in [0.4, 0.5) is 0 Å². The summed E-state index contributed by atoms with van der Waals surface area (Å²) in [5.74, 6) is 0.610. The van der Waals surface area contributed by atoms with Crippen LogP contribution in [-0.4, -0.2) is 68.9 Å². The standard InChI is InChI=1S/C24H36N6O2/c1-17-14-18(2)27-23(26-17)30-20(4)21(19(3)28-30)15-22(31)25-16-24(8-6-5-7-9-24)29-10-12-32-13-11-29/h14H,5-13,15-16H2,1-4H3,(H,25,31). The van der Waals surface area contributed by atoms with E-state index in [0.29, 0.717) is 18.9 Å². The van der Waals surface area contributed by atoms with Gasteiger partial charge >= 0.3 is 0 Å². The minimum Gasteiger partial charge on any atom is -0.379 e. The molecule has 1 amide bonds. The van der Waals surface area contributed by atoms with Crippen molar-refractivity contribution in [1.29, 1.82) is 0 Å². The fourth-order valence-electron chi connectivity index (χ4n) is 5.27. The molecular weight excluding hydrogens is 404 g/mol. The average molecular weight is 441 g/mol. The number of aryl methyl sites for hydroxylation is 3.